The zero-order chi connectivity index (χ0) is 14.1. The van der Waals surface area contributed by atoms with Gasteiger partial charge < -0.3 is 5.32 Å². The molecule has 1 atom stereocenters. The molecule has 110 valence electrons. The van der Waals surface area contributed by atoms with E-state index < -0.39 is 0 Å². The van der Waals surface area contributed by atoms with Crippen LogP contribution < -0.4 is 5.32 Å². The molecule has 2 fully saturated rings. The SMILES string of the molecule is c1ccc(-n2ncc(C3CCC3)c2CC2CCNC2)cc1. The van der Waals surface area contributed by atoms with Gasteiger partial charge >= 0.3 is 0 Å². The minimum Gasteiger partial charge on any atom is -0.316 e. The van der Waals surface area contributed by atoms with E-state index in [0.717, 1.165) is 24.8 Å². The second-order valence-corrected chi connectivity index (χ2v) is 6.48. The van der Waals surface area contributed by atoms with E-state index in [1.807, 2.05) is 0 Å². The molecule has 0 radical (unpaired) electrons. The lowest BCUT2D eigenvalue weighted by atomic mass is 9.79. The highest BCUT2D eigenvalue weighted by molar-refractivity contribution is 5.37. The number of aromatic nitrogens is 2. The third kappa shape index (κ3) is 2.51. The van der Waals surface area contributed by atoms with Gasteiger partial charge in [-0.25, -0.2) is 4.68 Å². The largest absolute Gasteiger partial charge is 0.316 e. The minimum absolute atomic E-state index is 0.756. The first-order chi connectivity index (χ1) is 10.4. The van der Waals surface area contributed by atoms with Crippen molar-refractivity contribution < 1.29 is 0 Å². The van der Waals surface area contributed by atoms with Gasteiger partial charge in [0, 0.05) is 5.69 Å². The highest BCUT2D eigenvalue weighted by atomic mass is 15.3. The van der Waals surface area contributed by atoms with Crippen molar-refractivity contribution in [1.29, 1.82) is 0 Å². The summed E-state index contributed by atoms with van der Waals surface area (Å²) in [6.07, 6.45) is 8.66. The van der Waals surface area contributed by atoms with Crippen LogP contribution in [-0.4, -0.2) is 22.9 Å². The molecule has 1 unspecified atom stereocenters. The van der Waals surface area contributed by atoms with Gasteiger partial charge in [0.05, 0.1) is 11.9 Å². The van der Waals surface area contributed by atoms with Crippen LogP contribution in [0.2, 0.25) is 0 Å². The second-order valence-electron chi connectivity index (χ2n) is 6.48. The molecule has 1 aliphatic carbocycles. The molecule has 1 aromatic carbocycles. The smallest absolute Gasteiger partial charge is 0.0648 e. The Kier molecular flexibility index (Phi) is 3.52. The molecule has 1 saturated carbocycles. The third-order valence-electron chi connectivity index (χ3n) is 5.09. The van der Waals surface area contributed by atoms with E-state index in [9.17, 15) is 0 Å². The first-order valence-corrected chi connectivity index (χ1v) is 8.25. The lowest BCUT2D eigenvalue weighted by molar-refractivity contribution is 0.414. The van der Waals surface area contributed by atoms with E-state index in [1.165, 1.54) is 49.2 Å². The van der Waals surface area contributed by atoms with Gasteiger partial charge in [-0.1, -0.05) is 24.6 Å². The molecule has 1 saturated heterocycles. The van der Waals surface area contributed by atoms with Crippen LogP contribution in [-0.2, 0) is 6.42 Å². The molecule has 2 aliphatic rings. The minimum atomic E-state index is 0.756. The number of hydrogen-bond donors (Lipinski definition) is 1. The van der Waals surface area contributed by atoms with Crippen molar-refractivity contribution in [1.82, 2.24) is 15.1 Å². The van der Waals surface area contributed by atoms with Gasteiger partial charge in [-0.15, -0.1) is 0 Å². The number of benzene rings is 1. The van der Waals surface area contributed by atoms with E-state index in [4.69, 9.17) is 5.10 Å². The van der Waals surface area contributed by atoms with Crippen molar-refractivity contribution in [3.63, 3.8) is 0 Å². The Hall–Kier alpha value is -1.61. The Balaban J connectivity index is 1.70. The summed E-state index contributed by atoms with van der Waals surface area (Å²) in [5, 5.41) is 8.22. The molecule has 0 amide bonds. The lowest BCUT2D eigenvalue weighted by Gasteiger charge is -2.26. The van der Waals surface area contributed by atoms with Crippen LogP contribution in [0, 0.1) is 5.92 Å². The zero-order valence-corrected chi connectivity index (χ0v) is 12.5. The summed E-state index contributed by atoms with van der Waals surface area (Å²) in [5.41, 5.74) is 4.17. The van der Waals surface area contributed by atoms with E-state index in [-0.39, 0.29) is 0 Å². The summed E-state index contributed by atoms with van der Waals surface area (Å²) in [6.45, 7) is 2.33. The topological polar surface area (TPSA) is 29.9 Å². The van der Waals surface area contributed by atoms with Gasteiger partial charge in [-0.3, -0.25) is 0 Å². The van der Waals surface area contributed by atoms with Gasteiger partial charge in [0.25, 0.3) is 0 Å². The van der Waals surface area contributed by atoms with Crippen molar-refractivity contribution in [2.75, 3.05) is 13.1 Å². The van der Waals surface area contributed by atoms with Crippen LogP contribution >= 0.6 is 0 Å². The van der Waals surface area contributed by atoms with E-state index in [0.29, 0.717) is 0 Å². The van der Waals surface area contributed by atoms with E-state index in [1.54, 1.807) is 0 Å². The van der Waals surface area contributed by atoms with Crippen LogP contribution in [0.15, 0.2) is 36.5 Å². The van der Waals surface area contributed by atoms with Crippen LogP contribution in [0.25, 0.3) is 5.69 Å². The van der Waals surface area contributed by atoms with Crippen molar-refractivity contribution in [2.45, 2.75) is 38.0 Å². The Morgan fingerprint density at radius 3 is 2.67 bits per heavy atom. The molecule has 4 rings (SSSR count). The fraction of sp³-hybridized carbons (Fsp3) is 0.500. The Labute approximate surface area is 126 Å². The molecule has 0 bridgehead atoms. The van der Waals surface area contributed by atoms with Gasteiger partial charge in [0.2, 0.25) is 0 Å². The Morgan fingerprint density at radius 2 is 2.00 bits per heavy atom. The van der Waals surface area contributed by atoms with Gasteiger partial charge in [0.1, 0.15) is 0 Å². The van der Waals surface area contributed by atoms with Crippen molar-refractivity contribution >= 4 is 0 Å². The maximum Gasteiger partial charge on any atom is 0.0648 e. The van der Waals surface area contributed by atoms with Crippen LogP contribution in [0.1, 0.15) is 42.9 Å². The molecule has 0 spiro atoms. The average Bonchev–Trinajstić information content (AvgIpc) is 3.10. The second kappa shape index (κ2) is 5.64. The van der Waals surface area contributed by atoms with Crippen LogP contribution in [0.5, 0.6) is 0 Å². The average molecular weight is 281 g/mol. The highest BCUT2D eigenvalue weighted by Crippen LogP contribution is 2.39. The maximum absolute atomic E-state index is 4.73. The Morgan fingerprint density at radius 1 is 1.14 bits per heavy atom. The zero-order valence-electron chi connectivity index (χ0n) is 12.5. The molecular formula is C18H23N3. The number of nitrogens with zero attached hydrogens (tertiary/aromatic N) is 2. The number of para-hydroxylation sites is 1. The fourth-order valence-corrected chi connectivity index (χ4v) is 3.60. The monoisotopic (exact) mass is 281 g/mol. The fourth-order valence-electron chi connectivity index (χ4n) is 3.60. The van der Waals surface area contributed by atoms with E-state index in [2.05, 4.69) is 46.5 Å². The standard InChI is InChI=1S/C18H23N3/c1-2-7-16(8-3-1)21-18(11-14-9-10-19-12-14)17(13-20-21)15-5-4-6-15/h1-3,7-8,13-15,19H,4-6,9-12H2. The maximum atomic E-state index is 4.73. The third-order valence-corrected chi connectivity index (χ3v) is 5.09. The van der Waals surface area contributed by atoms with Crippen LogP contribution in [0.3, 0.4) is 0 Å². The molecule has 3 heteroatoms. The van der Waals surface area contributed by atoms with Crippen molar-refractivity contribution in [2.24, 2.45) is 5.92 Å². The number of hydrogen-bond acceptors (Lipinski definition) is 2. The first-order valence-electron chi connectivity index (χ1n) is 8.25. The molecule has 1 aromatic heterocycles. The molecule has 1 aliphatic heterocycles. The number of rotatable bonds is 4. The quantitative estimate of drug-likeness (QED) is 0.932. The molecule has 21 heavy (non-hydrogen) atoms. The summed E-state index contributed by atoms with van der Waals surface area (Å²) in [5.74, 6) is 1.52. The lowest BCUT2D eigenvalue weighted by Crippen LogP contribution is -2.16. The van der Waals surface area contributed by atoms with Gasteiger partial charge in [-0.2, -0.15) is 5.10 Å². The van der Waals surface area contributed by atoms with Crippen molar-refractivity contribution in [3.05, 3.63) is 47.8 Å². The summed E-state index contributed by atoms with van der Waals surface area (Å²) in [7, 11) is 0. The summed E-state index contributed by atoms with van der Waals surface area (Å²) in [4.78, 5) is 0. The molecular weight excluding hydrogens is 258 g/mol. The predicted molar refractivity (Wildman–Crippen MR) is 84.8 cm³/mol. The molecule has 3 nitrogen and oxygen atoms in total. The summed E-state index contributed by atoms with van der Waals surface area (Å²) < 4.78 is 2.19. The normalized spacial score (nSPS) is 22.4. The summed E-state index contributed by atoms with van der Waals surface area (Å²) >= 11 is 0. The first kappa shape index (κ1) is 13.1. The van der Waals surface area contributed by atoms with Crippen LogP contribution in [0.4, 0.5) is 0 Å². The molecule has 2 aromatic rings. The predicted octanol–water partition coefficient (Wildman–Crippen LogP) is 3.29. The van der Waals surface area contributed by atoms with Crippen molar-refractivity contribution in [3.8, 4) is 5.69 Å². The van der Waals surface area contributed by atoms with E-state index >= 15 is 0 Å². The summed E-state index contributed by atoms with van der Waals surface area (Å²) in [6, 6.07) is 10.6. The molecule has 1 N–H and O–H groups in total. The van der Waals surface area contributed by atoms with Gasteiger partial charge in [0.15, 0.2) is 0 Å². The Bertz CT molecular complexity index is 592. The van der Waals surface area contributed by atoms with Gasteiger partial charge in [-0.05, 0) is 68.3 Å². The molecule has 2 heterocycles. The number of nitrogens with one attached hydrogen (secondary N) is 1. The highest BCUT2D eigenvalue weighted by Gasteiger charge is 2.27.